The highest BCUT2D eigenvalue weighted by atomic mass is 15.2. The van der Waals surface area contributed by atoms with Crippen LogP contribution in [0.4, 0.5) is 0 Å². The Labute approximate surface area is 101 Å². The molecule has 0 spiro atoms. The molecule has 3 rings (SSSR count). The van der Waals surface area contributed by atoms with Crippen LogP contribution in [-0.2, 0) is 19.9 Å². The van der Waals surface area contributed by atoms with E-state index in [1.165, 1.54) is 16.7 Å². The predicted molar refractivity (Wildman–Crippen MR) is 67.8 cm³/mol. The van der Waals surface area contributed by atoms with Crippen LogP contribution in [0.2, 0.25) is 0 Å². The van der Waals surface area contributed by atoms with Crippen molar-refractivity contribution in [1.82, 2.24) is 9.78 Å². The summed E-state index contributed by atoms with van der Waals surface area (Å²) in [7, 11) is 1.94. The topological polar surface area (TPSA) is 43.8 Å². The number of hydrogen-bond donors (Lipinski definition) is 1. The molecule has 2 N–H and O–H groups in total. The summed E-state index contributed by atoms with van der Waals surface area (Å²) in [6.07, 6.45) is 5.99. The first-order valence-corrected chi connectivity index (χ1v) is 6.05. The van der Waals surface area contributed by atoms with Crippen LogP contribution in [0.5, 0.6) is 0 Å². The van der Waals surface area contributed by atoms with Crippen molar-refractivity contribution in [2.75, 3.05) is 0 Å². The van der Waals surface area contributed by atoms with Crippen LogP contribution in [0.3, 0.4) is 0 Å². The Kier molecular flexibility index (Phi) is 2.48. The molecule has 1 aromatic heterocycles. The van der Waals surface area contributed by atoms with Crippen LogP contribution in [0, 0.1) is 0 Å². The van der Waals surface area contributed by atoms with Crippen LogP contribution in [-0.4, -0.2) is 15.8 Å². The third kappa shape index (κ3) is 1.87. The molecule has 3 nitrogen and oxygen atoms in total. The van der Waals surface area contributed by atoms with Gasteiger partial charge in [-0.3, -0.25) is 4.68 Å². The fraction of sp³-hybridized carbons (Fsp3) is 0.357. The first-order chi connectivity index (χ1) is 8.24. The van der Waals surface area contributed by atoms with Crippen molar-refractivity contribution in [3.63, 3.8) is 0 Å². The van der Waals surface area contributed by atoms with E-state index in [-0.39, 0.29) is 6.04 Å². The van der Waals surface area contributed by atoms with E-state index >= 15 is 0 Å². The van der Waals surface area contributed by atoms with Gasteiger partial charge in [-0.15, -0.1) is 0 Å². The number of nitrogens with two attached hydrogens (primary N) is 1. The van der Waals surface area contributed by atoms with Crippen molar-refractivity contribution >= 4 is 0 Å². The zero-order valence-corrected chi connectivity index (χ0v) is 10.0. The second-order valence-electron chi connectivity index (χ2n) is 4.90. The summed E-state index contributed by atoms with van der Waals surface area (Å²) >= 11 is 0. The van der Waals surface area contributed by atoms with Crippen LogP contribution >= 0.6 is 0 Å². The molecule has 3 heteroatoms. The van der Waals surface area contributed by atoms with Gasteiger partial charge in [-0.25, -0.2) is 0 Å². The lowest BCUT2D eigenvalue weighted by molar-refractivity contribution is 0.480. The molecule has 1 aliphatic carbocycles. The molecule has 2 aromatic rings. The highest BCUT2D eigenvalue weighted by Gasteiger charge is 2.30. The van der Waals surface area contributed by atoms with Gasteiger partial charge in [-0.1, -0.05) is 24.3 Å². The van der Waals surface area contributed by atoms with Crippen LogP contribution in [0.25, 0.3) is 0 Å². The minimum atomic E-state index is 0.203. The summed E-state index contributed by atoms with van der Waals surface area (Å²) in [5.74, 6) is 0.520. The van der Waals surface area contributed by atoms with Crippen molar-refractivity contribution in [2.45, 2.75) is 24.8 Å². The summed E-state index contributed by atoms with van der Waals surface area (Å²) in [5, 5.41) is 4.18. The maximum absolute atomic E-state index is 6.30. The molecule has 1 aromatic carbocycles. The van der Waals surface area contributed by atoms with Gasteiger partial charge in [0.25, 0.3) is 0 Å². The molecule has 0 radical (unpaired) electrons. The van der Waals surface area contributed by atoms with Crippen molar-refractivity contribution < 1.29 is 0 Å². The summed E-state index contributed by atoms with van der Waals surface area (Å²) in [6, 6.07) is 8.80. The van der Waals surface area contributed by atoms with Gasteiger partial charge in [0.1, 0.15) is 0 Å². The van der Waals surface area contributed by atoms with E-state index in [0.29, 0.717) is 5.92 Å². The van der Waals surface area contributed by atoms with E-state index in [9.17, 15) is 0 Å². The number of benzene rings is 1. The minimum Gasteiger partial charge on any atom is -0.327 e. The summed E-state index contributed by atoms with van der Waals surface area (Å²) in [6.45, 7) is 0. The minimum absolute atomic E-state index is 0.203. The van der Waals surface area contributed by atoms with Gasteiger partial charge >= 0.3 is 0 Å². The van der Waals surface area contributed by atoms with Crippen LogP contribution < -0.4 is 5.73 Å². The third-order valence-corrected chi connectivity index (χ3v) is 3.64. The number of aryl methyl sites for hydroxylation is 1. The summed E-state index contributed by atoms with van der Waals surface area (Å²) < 4.78 is 1.83. The number of nitrogens with zero attached hydrogens (tertiary/aromatic N) is 2. The van der Waals surface area contributed by atoms with Crippen LogP contribution in [0.1, 0.15) is 22.6 Å². The highest BCUT2D eigenvalue weighted by Crippen LogP contribution is 2.37. The zero-order chi connectivity index (χ0) is 11.8. The molecule has 0 amide bonds. The van der Waals surface area contributed by atoms with Crippen molar-refractivity contribution in [3.8, 4) is 0 Å². The third-order valence-electron chi connectivity index (χ3n) is 3.64. The zero-order valence-electron chi connectivity index (χ0n) is 10.0. The molecule has 2 unspecified atom stereocenters. The Hall–Kier alpha value is -1.61. The fourth-order valence-electron chi connectivity index (χ4n) is 2.67. The maximum atomic E-state index is 6.30. The lowest BCUT2D eigenvalue weighted by Crippen LogP contribution is -2.37. The average molecular weight is 227 g/mol. The maximum Gasteiger partial charge on any atom is 0.0522 e. The standard InChI is InChI=1S/C14H17N3/c1-17-9-10(8-16-17)6-14(15)13-7-11-4-2-3-5-12(11)13/h2-5,8-9,13-14H,6-7,15H2,1H3. The smallest absolute Gasteiger partial charge is 0.0522 e. The summed E-state index contributed by atoms with van der Waals surface area (Å²) in [4.78, 5) is 0. The Morgan fingerprint density at radius 1 is 1.47 bits per heavy atom. The predicted octanol–water partition coefficient (Wildman–Crippen LogP) is 1.63. The number of hydrogen-bond acceptors (Lipinski definition) is 2. The van der Waals surface area contributed by atoms with E-state index in [1.54, 1.807) is 0 Å². The molecule has 0 bridgehead atoms. The average Bonchev–Trinajstić information content (AvgIpc) is 2.66. The van der Waals surface area contributed by atoms with Gasteiger partial charge < -0.3 is 5.73 Å². The lowest BCUT2D eigenvalue weighted by Gasteiger charge is -2.34. The van der Waals surface area contributed by atoms with Crippen LogP contribution in [0.15, 0.2) is 36.7 Å². The molecule has 2 atom stereocenters. The van der Waals surface area contributed by atoms with Gasteiger partial charge in [-0.2, -0.15) is 5.10 Å². The van der Waals surface area contributed by atoms with Gasteiger partial charge in [0.2, 0.25) is 0 Å². The lowest BCUT2D eigenvalue weighted by atomic mass is 9.72. The first-order valence-electron chi connectivity index (χ1n) is 6.05. The number of fused-ring (bicyclic) bond motifs is 1. The molecule has 0 fully saturated rings. The number of rotatable bonds is 3. The monoisotopic (exact) mass is 227 g/mol. The van der Waals surface area contributed by atoms with Gasteiger partial charge in [0.15, 0.2) is 0 Å². The molecule has 88 valence electrons. The van der Waals surface area contributed by atoms with Gasteiger partial charge in [0, 0.05) is 25.2 Å². The fourth-order valence-corrected chi connectivity index (χ4v) is 2.67. The summed E-state index contributed by atoms with van der Waals surface area (Å²) in [5.41, 5.74) is 10.4. The quantitative estimate of drug-likeness (QED) is 0.866. The molecule has 1 aliphatic rings. The van der Waals surface area contributed by atoms with Gasteiger partial charge in [0.05, 0.1) is 6.20 Å². The highest BCUT2D eigenvalue weighted by molar-refractivity contribution is 5.41. The molecular formula is C14H17N3. The Morgan fingerprint density at radius 3 is 3.00 bits per heavy atom. The Balaban J connectivity index is 1.71. The van der Waals surface area contributed by atoms with E-state index < -0.39 is 0 Å². The molecule has 1 heterocycles. The Morgan fingerprint density at radius 2 is 2.29 bits per heavy atom. The second kappa shape index (κ2) is 4.00. The van der Waals surface area contributed by atoms with E-state index in [2.05, 4.69) is 29.4 Å². The molecule has 0 saturated heterocycles. The molecule has 0 saturated carbocycles. The second-order valence-corrected chi connectivity index (χ2v) is 4.90. The Bertz CT molecular complexity index is 530. The van der Waals surface area contributed by atoms with Crippen molar-refractivity contribution in [1.29, 1.82) is 0 Å². The van der Waals surface area contributed by atoms with E-state index in [1.807, 2.05) is 24.1 Å². The van der Waals surface area contributed by atoms with Gasteiger partial charge in [-0.05, 0) is 29.5 Å². The largest absolute Gasteiger partial charge is 0.327 e. The van der Waals surface area contributed by atoms with Crippen molar-refractivity contribution in [2.24, 2.45) is 12.8 Å². The molecule has 0 aliphatic heterocycles. The number of aromatic nitrogens is 2. The van der Waals surface area contributed by atoms with E-state index in [4.69, 9.17) is 5.73 Å². The molecular weight excluding hydrogens is 210 g/mol. The SMILES string of the molecule is Cn1cc(CC(N)C2Cc3ccccc32)cn1. The first kappa shape index (κ1) is 10.5. The van der Waals surface area contributed by atoms with Crippen molar-refractivity contribution in [3.05, 3.63) is 53.3 Å². The molecule has 17 heavy (non-hydrogen) atoms. The normalized spacial score (nSPS) is 19.5. The van der Waals surface area contributed by atoms with E-state index in [0.717, 1.165) is 12.8 Å².